The number of hydrogen-bond acceptors (Lipinski definition) is 6. The number of carbonyl (C=O) groups excluding carboxylic acids is 2. The molecule has 1 saturated heterocycles. The van der Waals surface area contributed by atoms with Crippen LogP contribution in [0.4, 0.5) is 5.69 Å². The Bertz CT molecular complexity index is 754. The third-order valence-corrected chi connectivity index (χ3v) is 5.95. The molecule has 0 bridgehead atoms. The first kappa shape index (κ1) is 19.6. The van der Waals surface area contributed by atoms with Crippen molar-refractivity contribution in [1.82, 2.24) is 14.8 Å². The quantitative estimate of drug-likeness (QED) is 0.573. The Balaban J connectivity index is 2.13. The van der Waals surface area contributed by atoms with E-state index in [1.54, 1.807) is 6.07 Å². The summed E-state index contributed by atoms with van der Waals surface area (Å²) in [6, 6.07) is 2.62. The van der Waals surface area contributed by atoms with Crippen molar-refractivity contribution in [3.63, 3.8) is 0 Å². The van der Waals surface area contributed by atoms with E-state index >= 15 is 0 Å². The van der Waals surface area contributed by atoms with Gasteiger partial charge in [0.2, 0.25) is 0 Å². The van der Waals surface area contributed by atoms with E-state index in [1.165, 1.54) is 17.2 Å². The lowest BCUT2D eigenvalue weighted by Crippen LogP contribution is -2.49. The molecule has 1 fully saturated rings. The highest BCUT2D eigenvalue weighted by Crippen LogP contribution is 2.20. The van der Waals surface area contributed by atoms with Gasteiger partial charge in [0.1, 0.15) is 0 Å². The average molecular weight is 389 g/mol. The number of nitrogens with zero attached hydrogens (tertiary/aromatic N) is 3. The lowest BCUT2D eigenvalue weighted by Gasteiger charge is -2.28. The second kappa shape index (κ2) is 8.11. The molecule has 1 aromatic heterocycles. The third-order valence-electron chi connectivity index (χ3n) is 3.90. The van der Waals surface area contributed by atoms with E-state index in [-0.39, 0.29) is 28.9 Å². The average Bonchev–Trinajstić information content (AvgIpc) is 2.89. The van der Waals surface area contributed by atoms with E-state index in [1.807, 2.05) is 19.0 Å². The highest BCUT2D eigenvalue weighted by molar-refractivity contribution is 7.91. The number of anilines is 1. The molecule has 0 spiro atoms. The second-order valence-corrected chi connectivity index (χ2v) is 8.74. The molecule has 1 aliphatic rings. The number of nitrogens with one attached hydrogen (secondary N) is 1. The zero-order chi connectivity index (χ0) is 18.6. The van der Waals surface area contributed by atoms with Gasteiger partial charge in [-0.1, -0.05) is 11.6 Å². The number of halogens is 1. The Morgan fingerprint density at radius 3 is 2.64 bits per heavy atom. The van der Waals surface area contributed by atoms with Gasteiger partial charge in [0.05, 0.1) is 17.2 Å². The molecule has 1 aliphatic heterocycles. The molecule has 25 heavy (non-hydrogen) atoms. The van der Waals surface area contributed by atoms with E-state index in [0.717, 1.165) is 0 Å². The molecule has 138 valence electrons. The fourth-order valence-electron chi connectivity index (χ4n) is 2.56. The van der Waals surface area contributed by atoms with Crippen molar-refractivity contribution in [2.75, 3.05) is 44.0 Å². The largest absolute Gasteiger partial charge is 0.329 e. The van der Waals surface area contributed by atoms with E-state index in [9.17, 15) is 18.0 Å². The number of likely N-dealkylation sites (N-methyl/N-ethyl adjacent to an activating group) is 1. The van der Waals surface area contributed by atoms with E-state index in [0.29, 0.717) is 13.0 Å². The van der Waals surface area contributed by atoms with Gasteiger partial charge < -0.3 is 15.1 Å². The van der Waals surface area contributed by atoms with Gasteiger partial charge in [-0.2, -0.15) is 0 Å². The summed E-state index contributed by atoms with van der Waals surface area (Å²) < 4.78 is 23.5. The maximum absolute atomic E-state index is 12.6. The molecule has 1 atom stereocenters. The first-order valence-electron chi connectivity index (χ1n) is 7.77. The highest BCUT2D eigenvalue weighted by atomic mass is 35.5. The van der Waals surface area contributed by atoms with Crippen molar-refractivity contribution in [2.24, 2.45) is 0 Å². The van der Waals surface area contributed by atoms with Crippen molar-refractivity contribution < 1.29 is 18.0 Å². The number of pyridine rings is 1. The van der Waals surface area contributed by atoms with E-state index in [2.05, 4.69) is 10.3 Å². The minimum Gasteiger partial charge on any atom is -0.329 e. The smallest absolute Gasteiger partial charge is 0.313 e. The van der Waals surface area contributed by atoms with Gasteiger partial charge in [0.25, 0.3) is 0 Å². The third kappa shape index (κ3) is 5.38. The van der Waals surface area contributed by atoms with Crippen molar-refractivity contribution in [2.45, 2.75) is 12.5 Å². The predicted octanol–water partition coefficient (Wildman–Crippen LogP) is 0.251. The molecular formula is C15H21ClN4O4S. The molecule has 2 amide bonds. The molecular weight excluding hydrogens is 368 g/mol. The Hall–Kier alpha value is -1.71. The molecule has 10 heteroatoms. The normalized spacial score (nSPS) is 19.0. The molecule has 0 aliphatic carbocycles. The van der Waals surface area contributed by atoms with Gasteiger partial charge in [-0.15, -0.1) is 0 Å². The van der Waals surface area contributed by atoms with Crippen molar-refractivity contribution in [3.05, 3.63) is 23.5 Å². The van der Waals surface area contributed by atoms with Crippen LogP contribution in [0, 0.1) is 0 Å². The van der Waals surface area contributed by atoms with Gasteiger partial charge in [-0.05, 0) is 32.6 Å². The van der Waals surface area contributed by atoms with E-state index < -0.39 is 27.7 Å². The van der Waals surface area contributed by atoms with Crippen LogP contribution >= 0.6 is 11.6 Å². The molecule has 1 unspecified atom stereocenters. The number of rotatable bonds is 5. The van der Waals surface area contributed by atoms with Crippen molar-refractivity contribution in [1.29, 1.82) is 0 Å². The maximum atomic E-state index is 12.6. The number of sulfone groups is 1. The van der Waals surface area contributed by atoms with Crippen molar-refractivity contribution >= 4 is 38.9 Å². The molecule has 0 aromatic carbocycles. The summed E-state index contributed by atoms with van der Waals surface area (Å²) in [6.07, 6.45) is 1.80. The van der Waals surface area contributed by atoms with Crippen LogP contribution in [0.15, 0.2) is 18.3 Å². The molecule has 0 saturated carbocycles. The van der Waals surface area contributed by atoms with Crippen LogP contribution in [0.2, 0.25) is 5.15 Å². The highest BCUT2D eigenvalue weighted by Gasteiger charge is 2.36. The standard InChI is InChI=1S/C15H21ClN4O4S/c1-19(2)7-8-20(11-5-9-25(23,24)10-11)15(22)14(21)18-12-4-3-6-17-13(12)16/h3-4,6,11H,5,7-10H2,1-2H3,(H,18,21). The van der Waals surface area contributed by atoms with Crippen LogP contribution in [0.5, 0.6) is 0 Å². The first-order chi connectivity index (χ1) is 11.7. The monoisotopic (exact) mass is 388 g/mol. The van der Waals surface area contributed by atoms with Gasteiger partial charge in [0.15, 0.2) is 15.0 Å². The fraction of sp³-hybridized carbons (Fsp3) is 0.533. The molecule has 2 heterocycles. The minimum atomic E-state index is -3.17. The molecule has 8 nitrogen and oxygen atoms in total. The molecule has 2 rings (SSSR count). The maximum Gasteiger partial charge on any atom is 0.313 e. The summed E-state index contributed by atoms with van der Waals surface area (Å²) in [5, 5.41) is 2.51. The summed E-state index contributed by atoms with van der Waals surface area (Å²) in [6.45, 7) is 0.781. The van der Waals surface area contributed by atoms with Gasteiger partial charge in [-0.25, -0.2) is 13.4 Å². The van der Waals surface area contributed by atoms with Crippen LogP contribution < -0.4 is 5.32 Å². The molecule has 1 aromatic rings. The van der Waals surface area contributed by atoms with E-state index in [4.69, 9.17) is 11.6 Å². The summed E-state index contributed by atoms with van der Waals surface area (Å²) in [5.74, 6) is -1.73. The topological polar surface area (TPSA) is 99.7 Å². The molecule has 0 radical (unpaired) electrons. The van der Waals surface area contributed by atoms with Crippen LogP contribution in [-0.2, 0) is 19.4 Å². The Kier molecular flexibility index (Phi) is 6.36. The Morgan fingerprint density at radius 2 is 2.08 bits per heavy atom. The fourth-order valence-corrected chi connectivity index (χ4v) is 4.46. The van der Waals surface area contributed by atoms with Gasteiger partial charge >= 0.3 is 11.8 Å². The Labute approximate surface area is 152 Å². The summed E-state index contributed by atoms with van der Waals surface area (Å²) in [5.41, 5.74) is 0.231. The molecule has 1 N–H and O–H groups in total. The summed E-state index contributed by atoms with van der Waals surface area (Å²) in [4.78, 5) is 32.0. The minimum absolute atomic E-state index is 0.0272. The number of amides is 2. The van der Waals surface area contributed by atoms with Crippen LogP contribution in [0.25, 0.3) is 0 Å². The zero-order valence-electron chi connectivity index (χ0n) is 14.1. The summed E-state index contributed by atoms with van der Waals surface area (Å²) in [7, 11) is 0.499. The number of aromatic nitrogens is 1. The van der Waals surface area contributed by atoms with Gasteiger partial charge in [-0.3, -0.25) is 9.59 Å². The number of hydrogen-bond donors (Lipinski definition) is 1. The SMILES string of the molecule is CN(C)CCN(C(=O)C(=O)Nc1cccnc1Cl)C1CCS(=O)(=O)C1. The van der Waals surface area contributed by atoms with Crippen molar-refractivity contribution in [3.8, 4) is 0 Å². The van der Waals surface area contributed by atoms with Gasteiger partial charge in [0, 0.05) is 25.3 Å². The summed E-state index contributed by atoms with van der Waals surface area (Å²) >= 11 is 5.88. The lowest BCUT2D eigenvalue weighted by molar-refractivity contribution is -0.144. The van der Waals surface area contributed by atoms with Crippen LogP contribution in [0.1, 0.15) is 6.42 Å². The number of carbonyl (C=O) groups is 2. The van der Waals surface area contributed by atoms with Crippen LogP contribution in [0.3, 0.4) is 0 Å². The predicted molar refractivity (Wildman–Crippen MR) is 95.2 cm³/mol. The zero-order valence-corrected chi connectivity index (χ0v) is 15.7. The Morgan fingerprint density at radius 1 is 1.36 bits per heavy atom. The van der Waals surface area contributed by atoms with Crippen LogP contribution in [-0.4, -0.2) is 79.7 Å². The second-order valence-electron chi connectivity index (χ2n) is 6.15. The first-order valence-corrected chi connectivity index (χ1v) is 9.97. The lowest BCUT2D eigenvalue weighted by atomic mass is 10.2.